The van der Waals surface area contributed by atoms with E-state index in [4.69, 9.17) is 32.2 Å². The van der Waals surface area contributed by atoms with Crippen LogP contribution in [0.15, 0.2) is 18.2 Å². The molecular formula is C15H23NO3S. The highest BCUT2D eigenvalue weighted by Crippen LogP contribution is 2.27. The molecule has 0 radical (unpaired) electrons. The minimum atomic E-state index is 0.340. The SMILES string of the molecule is COc1cc(C(N)=S)ccc1OCCOCCC(C)C. The van der Waals surface area contributed by atoms with Gasteiger partial charge in [0.05, 0.1) is 13.7 Å². The summed E-state index contributed by atoms with van der Waals surface area (Å²) in [7, 11) is 1.59. The van der Waals surface area contributed by atoms with Gasteiger partial charge in [-0.3, -0.25) is 0 Å². The summed E-state index contributed by atoms with van der Waals surface area (Å²) < 4.78 is 16.4. The number of methoxy groups -OCH3 is 1. The number of nitrogens with two attached hydrogens (primary N) is 1. The van der Waals surface area contributed by atoms with Gasteiger partial charge in [0.1, 0.15) is 11.6 Å². The second-order valence-corrected chi connectivity index (χ2v) is 5.31. The van der Waals surface area contributed by atoms with Crippen LogP contribution < -0.4 is 15.2 Å². The molecule has 1 aromatic carbocycles. The maximum absolute atomic E-state index is 5.64. The summed E-state index contributed by atoms with van der Waals surface area (Å²) in [6.45, 7) is 6.16. The molecule has 0 aliphatic carbocycles. The molecule has 0 unspecified atom stereocenters. The van der Waals surface area contributed by atoms with Gasteiger partial charge < -0.3 is 19.9 Å². The van der Waals surface area contributed by atoms with E-state index in [0.29, 0.717) is 35.6 Å². The van der Waals surface area contributed by atoms with Crippen molar-refractivity contribution in [2.24, 2.45) is 11.7 Å². The van der Waals surface area contributed by atoms with Gasteiger partial charge in [-0.05, 0) is 30.5 Å². The first-order chi connectivity index (χ1) is 9.54. The molecule has 0 aromatic heterocycles. The van der Waals surface area contributed by atoms with E-state index in [1.165, 1.54) is 0 Å². The Labute approximate surface area is 126 Å². The smallest absolute Gasteiger partial charge is 0.161 e. The van der Waals surface area contributed by atoms with Crippen molar-refractivity contribution in [1.29, 1.82) is 0 Å². The third kappa shape index (κ3) is 5.75. The summed E-state index contributed by atoms with van der Waals surface area (Å²) in [6.07, 6.45) is 1.06. The summed E-state index contributed by atoms with van der Waals surface area (Å²) in [4.78, 5) is 0.340. The molecule has 0 bridgehead atoms. The monoisotopic (exact) mass is 297 g/mol. The Hall–Kier alpha value is -1.33. The number of ether oxygens (including phenoxy) is 3. The number of thiocarbonyl (C=S) groups is 1. The van der Waals surface area contributed by atoms with Crippen molar-refractivity contribution in [3.8, 4) is 11.5 Å². The first kappa shape index (κ1) is 16.7. The molecule has 0 amide bonds. The van der Waals surface area contributed by atoms with Crippen LogP contribution in [0.25, 0.3) is 0 Å². The zero-order chi connectivity index (χ0) is 15.0. The van der Waals surface area contributed by atoms with Crippen LogP contribution in [0.5, 0.6) is 11.5 Å². The van der Waals surface area contributed by atoms with E-state index in [1.807, 2.05) is 6.07 Å². The van der Waals surface area contributed by atoms with E-state index >= 15 is 0 Å². The van der Waals surface area contributed by atoms with Gasteiger partial charge in [-0.1, -0.05) is 26.1 Å². The Kier molecular flexibility index (Phi) is 7.33. The molecule has 0 fully saturated rings. The van der Waals surface area contributed by atoms with Crippen molar-refractivity contribution in [3.05, 3.63) is 23.8 Å². The van der Waals surface area contributed by atoms with Crippen LogP contribution in [0.4, 0.5) is 0 Å². The van der Waals surface area contributed by atoms with Crippen LogP contribution in [-0.4, -0.2) is 31.9 Å². The second-order valence-electron chi connectivity index (χ2n) is 4.87. The van der Waals surface area contributed by atoms with Crippen molar-refractivity contribution >= 4 is 17.2 Å². The average molecular weight is 297 g/mol. The Morgan fingerprint density at radius 1 is 1.20 bits per heavy atom. The number of rotatable bonds is 9. The second kappa shape index (κ2) is 8.76. The maximum atomic E-state index is 5.64. The van der Waals surface area contributed by atoms with Crippen molar-refractivity contribution < 1.29 is 14.2 Å². The summed E-state index contributed by atoms with van der Waals surface area (Å²) in [6, 6.07) is 5.40. The highest BCUT2D eigenvalue weighted by molar-refractivity contribution is 7.80. The highest BCUT2D eigenvalue weighted by atomic mass is 32.1. The lowest BCUT2D eigenvalue weighted by Gasteiger charge is -2.12. The van der Waals surface area contributed by atoms with Crippen LogP contribution in [0.2, 0.25) is 0 Å². The minimum Gasteiger partial charge on any atom is -0.493 e. The molecule has 0 aliphatic rings. The highest BCUT2D eigenvalue weighted by Gasteiger charge is 2.07. The van der Waals surface area contributed by atoms with Gasteiger partial charge in [-0.25, -0.2) is 0 Å². The van der Waals surface area contributed by atoms with Crippen molar-refractivity contribution in [2.75, 3.05) is 26.9 Å². The number of benzene rings is 1. The molecule has 1 rings (SSSR count). The zero-order valence-electron chi connectivity index (χ0n) is 12.3. The molecule has 0 heterocycles. The molecule has 1 aromatic rings. The first-order valence-electron chi connectivity index (χ1n) is 6.73. The minimum absolute atomic E-state index is 0.340. The van der Waals surface area contributed by atoms with Gasteiger partial charge in [0.25, 0.3) is 0 Å². The van der Waals surface area contributed by atoms with Gasteiger partial charge in [-0.15, -0.1) is 0 Å². The molecule has 0 atom stereocenters. The quantitative estimate of drug-likeness (QED) is 0.561. The van der Waals surface area contributed by atoms with E-state index in [-0.39, 0.29) is 0 Å². The lowest BCUT2D eigenvalue weighted by Crippen LogP contribution is -2.11. The first-order valence-corrected chi connectivity index (χ1v) is 7.13. The van der Waals surface area contributed by atoms with Crippen molar-refractivity contribution in [3.63, 3.8) is 0 Å². The van der Waals surface area contributed by atoms with Gasteiger partial charge in [0.2, 0.25) is 0 Å². The molecule has 4 nitrogen and oxygen atoms in total. The van der Waals surface area contributed by atoms with Crippen LogP contribution in [0.1, 0.15) is 25.8 Å². The average Bonchev–Trinajstić information content (AvgIpc) is 2.42. The number of hydrogen-bond acceptors (Lipinski definition) is 4. The summed E-state index contributed by atoms with van der Waals surface area (Å²) in [5, 5.41) is 0. The fourth-order valence-electron chi connectivity index (χ4n) is 1.57. The topological polar surface area (TPSA) is 53.7 Å². The van der Waals surface area contributed by atoms with Gasteiger partial charge in [0.15, 0.2) is 11.5 Å². The van der Waals surface area contributed by atoms with Crippen LogP contribution in [0, 0.1) is 5.92 Å². The molecule has 0 saturated heterocycles. The van der Waals surface area contributed by atoms with E-state index < -0.39 is 0 Å². The molecule has 20 heavy (non-hydrogen) atoms. The molecule has 2 N–H and O–H groups in total. The van der Waals surface area contributed by atoms with Crippen LogP contribution >= 0.6 is 12.2 Å². The normalized spacial score (nSPS) is 10.6. The fraction of sp³-hybridized carbons (Fsp3) is 0.533. The Balaban J connectivity index is 2.41. The van der Waals surface area contributed by atoms with Gasteiger partial charge in [0, 0.05) is 12.2 Å². The maximum Gasteiger partial charge on any atom is 0.161 e. The lowest BCUT2D eigenvalue weighted by atomic mass is 10.1. The third-order valence-corrected chi connectivity index (χ3v) is 3.01. The van der Waals surface area contributed by atoms with Gasteiger partial charge >= 0.3 is 0 Å². The molecule has 0 saturated carbocycles. The van der Waals surface area contributed by atoms with Crippen molar-refractivity contribution in [1.82, 2.24) is 0 Å². The predicted octanol–water partition coefficient (Wildman–Crippen LogP) is 2.77. The van der Waals surface area contributed by atoms with E-state index in [9.17, 15) is 0 Å². The molecule has 5 heteroatoms. The summed E-state index contributed by atoms with van der Waals surface area (Å²) in [5.74, 6) is 1.95. The molecule has 112 valence electrons. The number of hydrogen-bond donors (Lipinski definition) is 1. The third-order valence-electron chi connectivity index (χ3n) is 2.77. The Bertz CT molecular complexity index is 435. The Morgan fingerprint density at radius 2 is 1.95 bits per heavy atom. The lowest BCUT2D eigenvalue weighted by molar-refractivity contribution is 0.0916. The molecule has 0 spiro atoms. The van der Waals surface area contributed by atoms with E-state index in [0.717, 1.165) is 18.6 Å². The fourth-order valence-corrected chi connectivity index (χ4v) is 1.70. The van der Waals surface area contributed by atoms with Gasteiger partial charge in [-0.2, -0.15) is 0 Å². The van der Waals surface area contributed by atoms with Crippen LogP contribution in [-0.2, 0) is 4.74 Å². The van der Waals surface area contributed by atoms with E-state index in [1.54, 1.807) is 19.2 Å². The largest absolute Gasteiger partial charge is 0.493 e. The summed E-state index contributed by atoms with van der Waals surface area (Å²) >= 11 is 4.93. The molecule has 0 aliphatic heterocycles. The standard InChI is InChI=1S/C15H23NO3S/c1-11(2)6-7-18-8-9-19-13-5-4-12(15(16)20)10-14(13)17-3/h4-5,10-11H,6-9H2,1-3H3,(H2,16,20). The van der Waals surface area contributed by atoms with Crippen molar-refractivity contribution in [2.45, 2.75) is 20.3 Å². The predicted molar refractivity (Wildman–Crippen MR) is 84.7 cm³/mol. The zero-order valence-corrected chi connectivity index (χ0v) is 13.2. The summed E-state index contributed by atoms with van der Waals surface area (Å²) in [5.41, 5.74) is 6.34. The van der Waals surface area contributed by atoms with E-state index in [2.05, 4.69) is 13.8 Å². The molecular weight excluding hydrogens is 274 g/mol. The van der Waals surface area contributed by atoms with Crippen LogP contribution in [0.3, 0.4) is 0 Å². The Morgan fingerprint density at radius 3 is 2.55 bits per heavy atom.